The fraction of sp³-hybridized carbons (Fsp3) is 0.200. The molecule has 28 heavy (non-hydrogen) atoms. The van der Waals surface area contributed by atoms with Crippen molar-refractivity contribution in [1.82, 2.24) is 14.8 Å². The number of hydrogen-bond acceptors (Lipinski definition) is 7. The van der Waals surface area contributed by atoms with Crippen molar-refractivity contribution in [2.75, 3.05) is 20.8 Å². The van der Waals surface area contributed by atoms with Gasteiger partial charge in [-0.3, -0.25) is 4.79 Å². The molecule has 0 bridgehead atoms. The van der Waals surface area contributed by atoms with E-state index in [1.165, 1.54) is 20.5 Å². The van der Waals surface area contributed by atoms with Crippen LogP contribution in [0.25, 0.3) is 0 Å². The minimum Gasteiger partial charge on any atom is -0.493 e. The molecule has 0 radical (unpaired) electrons. The molecule has 0 fully saturated rings. The number of ether oxygens (including phenoxy) is 3. The summed E-state index contributed by atoms with van der Waals surface area (Å²) in [5.41, 5.74) is 1.69. The van der Waals surface area contributed by atoms with E-state index in [0.29, 0.717) is 29.2 Å². The zero-order valence-corrected chi connectivity index (χ0v) is 15.5. The van der Waals surface area contributed by atoms with Crippen LogP contribution in [0, 0.1) is 0 Å². The molecular formula is C20H19N3O5. The fourth-order valence-electron chi connectivity index (χ4n) is 2.56. The Labute approximate surface area is 161 Å². The van der Waals surface area contributed by atoms with Crippen LogP contribution >= 0.6 is 0 Å². The number of methoxy groups -OCH3 is 2. The molecule has 0 unspecified atom stereocenters. The number of rotatable bonds is 8. The molecule has 0 aliphatic heterocycles. The highest BCUT2D eigenvalue weighted by Gasteiger charge is 2.14. The van der Waals surface area contributed by atoms with Crippen molar-refractivity contribution in [3.8, 4) is 11.5 Å². The molecule has 8 nitrogen and oxygen atoms in total. The van der Waals surface area contributed by atoms with Gasteiger partial charge in [0.05, 0.1) is 26.3 Å². The number of carbonyl (C=O) groups is 2. The van der Waals surface area contributed by atoms with Crippen LogP contribution in [0.15, 0.2) is 55.1 Å². The van der Waals surface area contributed by atoms with E-state index in [9.17, 15) is 9.59 Å². The van der Waals surface area contributed by atoms with Gasteiger partial charge in [-0.15, -0.1) is 0 Å². The molecule has 0 saturated carbocycles. The van der Waals surface area contributed by atoms with Crippen LogP contribution in [-0.2, 0) is 11.3 Å². The van der Waals surface area contributed by atoms with Crippen molar-refractivity contribution in [3.05, 3.63) is 71.8 Å². The number of Topliss-reactive ketones (excluding diaryl/α,β-unsaturated/α-hetero) is 1. The van der Waals surface area contributed by atoms with Crippen LogP contribution in [0.4, 0.5) is 0 Å². The Balaban J connectivity index is 1.58. The van der Waals surface area contributed by atoms with Gasteiger partial charge in [0, 0.05) is 5.56 Å². The van der Waals surface area contributed by atoms with Crippen LogP contribution < -0.4 is 9.47 Å². The molecule has 0 N–H and O–H groups in total. The normalized spacial score (nSPS) is 10.4. The van der Waals surface area contributed by atoms with Crippen LogP contribution in [0.1, 0.15) is 26.3 Å². The van der Waals surface area contributed by atoms with Crippen molar-refractivity contribution < 1.29 is 23.8 Å². The summed E-state index contributed by atoms with van der Waals surface area (Å²) in [4.78, 5) is 28.4. The van der Waals surface area contributed by atoms with Gasteiger partial charge in [0.15, 0.2) is 23.9 Å². The smallest absolute Gasteiger partial charge is 0.338 e. The van der Waals surface area contributed by atoms with E-state index in [0.717, 1.165) is 5.56 Å². The molecule has 0 saturated heterocycles. The Hall–Kier alpha value is -3.68. The molecule has 1 aromatic heterocycles. The maximum Gasteiger partial charge on any atom is 0.338 e. The highest BCUT2D eigenvalue weighted by atomic mass is 16.5. The van der Waals surface area contributed by atoms with Gasteiger partial charge in [-0.2, -0.15) is 5.10 Å². The summed E-state index contributed by atoms with van der Waals surface area (Å²) >= 11 is 0. The van der Waals surface area contributed by atoms with Crippen molar-refractivity contribution >= 4 is 11.8 Å². The van der Waals surface area contributed by atoms with Crippen molar-refractivity contribution in [3.63, 3.8) is 0 Å². The van der Waals surface area contributed by atoms with Crippen LogP contribution in [0.3, 0.4) is 0 Å². The molecule has 8 heteroatoms. The largest absolute Gasteiger partial charge is 0.493 e. The summed E-state index contributed by atoms with van der Waals surface area (Å²) in [7, 11) is 3.00. The SMILES string of the molecule is COc1ccc(C(=O)COC(=O)c2ccc(Cn3cncn3)cc2)cc1OC. The predicted molar refractivity (Wildman–Crippen MR) is 99.7 cm³/mol. The predicted octanol–water partition coefficient (Wildman–Crippen LogP) is 2.38. The third-order valence-electron chi connectivity index (χ3n) is 4.04. The van der Waals surface area contributed by atoms with E-state index in [4.69, 9.17) is 14.2 Å². The molecule has 0 aliphatic carbocycles. The highest BCUT2D eigenvalue weighted by molar-refractivity contribution is 5.99. The van der Waals surface area contributed by atoms with Gasteiger partial charge in [-0.05, 0) is 35.9 Å². The Bertz CT molecular complexity index is 952. The Kier molecular flexibility index (Phi) is 6.01. The number of ketones is 1. The van der Waals surface area contributed by atoms with Crippen molar-refractivity contribution in [1.29, 1.82) is 0 Å². The lowest BCUT2D eigenvalue weighted by Gasteiger charge is -2.09. The van der Waals surface area contributed by atoms with E-state index in [2.05, 4.69) is 10.1 Å². The Morgan fingerprint density at radius 2 is 1.68 bits per heavy atom. The molecule has 0 atom stereocenters. The molecule has 144 valence electrons. The first-order valence-corrected chi connectivity index (χ1v) is 8.44. The van der Waals surface area contributed by atoms with Crippen LogP contribution in [-0.4, -0.2) is 47.3 Å². The molecule has 0 amide bonds. The van der Waals surface area contributed by atoms with E-state index in [-0.39, 0.29) is 12.4 Å². The van der Waals surface area contributed by atoms with Crippen LogP contribution in [0.5, 0.6) is 11.5 Å². The molecule has 0 spiro atoms. The lowest BCUT2D eigenvalue weighted by Crippen LogP contribution is -2.14. The molecule has 0 aliphatic rings. The van der Waals surface area contributed by atoms with Crippen molar-refractivity contribution in [2.45, 2.75) is 6.54 Å². The van der Waals surface area contributed by atoms with Gasteiger partial charge in [-0.25, -0.2) is 14.5 Å². The van der Waals surface area contributed by atoms with Gasteiger partial charge >= 0.3 is 5.97 Å². The first-order chi connectivity index (χ1) is 13.6. The van der Waals surface area contributed by atoms with E-state index < -0.39 is 5.97 Å². The second-order valence-electron chi connectivity index (χ2n) is 5.86. The fourth-order valence-corrected chi connectivity index (χ4v) is 2.56. The Morgan fingerprint density at radius 1 is 0.964 bits per heavy atom. The second kappa shape index (κ2) is 8.81. The summed E-state index contributed by atoms with van der Waals surface area (Å²) in [5, 5.41) is 4.03. The maximum absolute atomic E-state index is 12.3. The van der Waals surface area contributed by atoms with E-state index >= 15 is 0 Å². The maximum atomic E-state index is 12.3. The lowest BCUT2D eigenvalue weighted by molar-refractivity contribution is 0.0474. The van der Waals surface area contributed by atoms with Gasteiger partial charge in [0.1, 0.15) is 12.7 Å². The number of benzene rings is 2. The first-order valence-electron chi connectivity index (χ1n) is 8.44. The molecule has 3 rings (SSSR count). The third kappa shape index (κ3) is 4.53. The molecule has 3 aromatic rings. The lowest BCUT2D eigenvalue weighted by atomic mass is 10.1. The number of carbonyl (C=O) groups excluding carboxylic acids is 2. The number of hydrogen-bond donors (Lipinski definition) is 0. The monoisotopic (exact) mass is 381 g/mol. The summed E-state index contributed by atoms with van der Waals surface area (Å²) < 4.78 is 17.1. The van der Waals surface area contributed by atoms with Gasteiger partial charge < -0.3 is 14.2 Å². The minimum atomic E-state index is -0.568. The average Bonchev–Trinajstić information content (AvgIpc) is 3.24. The zero-order valence-electron chi connectivity index (χ0n) is 15.5. The quantitative estimate of drug-likeness (QED) is 0.437. The van der Waals surface area contributed by atoms with Gasteiger partial charge in [0.25, 0.3) is 0 Å². The summed E-state index contributed by atoms with van der Waals surface area (Å²) in [6, 6.07) is 11.7. The highest BCUT2D eigenvalue weighted by Crippen LogP contribution is 2.27. The van der Waals surface area contributed by atoms with E-state index in [1.807, 2.05) is 0 Å². The second-order valence-corrected chi connectivity index (χ2v) is 5.86. The molecule has 2 aromatic carbocycles. The number of esters is 1. The minimum absolute atomic E-state index is 0.336. The summed E-state index contributed by atoms with van der Waals surface area (Å²) in [6.07, 6.45) is 3.07. The van der Waals surface area contributed by atoms with Gasteiger partial charge in [0.2, 0.25) is 0 Å². The first kappa shape index (κ1) is 19.1. The molecular weight excluding hydrogens is 362 g/mol. The van der Waals surface area contributed by atoms with Crippen LogP contribution in [0.2, 0.25) is 0 Å². The zero-order chi connectivity index (χ0) is 19.9. The average molecular weight is 381 g/mol. The third-order valence-corrected chi connectivity index (χ3v) is 4.04. The number of aromatic nitrogens is 3. The van der Waals surface area contributed by atoms with Crippen molar-refractivity contribution in [2.24, 2.45) is 0 Å². The standard InChI is InChI=1S/C20H19N3O5/c1-26-18-8-7-16(9-19(18)27-2)17(24)11-28-20(25)15-5-3-14(4-6-15)10-23-13-21-12-22-23/h3-9,12-13H,10-11H2,1-2H3. The summed E-state index contributed by atoms with van der Waals surface area (Å²) in [6.45, 7) is 0.183. The van der Waals surface area contributed by atoms with Gasteiger partial charge in [-0.1, -0.05) is 12.1 Å². The topological polar surface area (TPSA) is 92.5 Å². The summed E-state index contributed by atoms with van der Waals surface area (Å²) in [5.74, 6) is 0.0444. The number of nitrogens with zero attached hydrogens (tertiary/aromatic N) is 3. The Morgan fingerprint density at radius 3 is 2.32 bits per heavy atom. The molecule has 1 heterocycles. The van der Waals surface area contributed by atoms with E-state index in [1.54, 1.807) is 53.5 Å².